The summed E-state index contributed by atoms with van der Waals surface area (Å²) >= 11 is 1.51. The van der Waals surface area contributed by atoms with Gasteiger partial charge in [-0.05, 0) is 11.4 Å². The third kappa shape index (κ3) is 1.05. The van der Waals surface area contributed by atoms with Crippen LogP contribution in [0.1, 0.15) is 4.88 Å². The lowest BCUT2D eigenvalue weighted by Crippen LogP contribution is -1.94. The molecule has 0 aromatic carbocycles. The molecule has 9 heavy (non-hydrogen) atoms. The Balaban J connectivity index is 3.08. The van der Waals surface area contributed by atoms with Crippen LogP contribution in [-0.4, -0.2) is 0 Å². The van der Waals surface area contributed by atoms with Crippen LogP contribution < -0.4 is 11.5 Å². The van der Waals surface area contributed by atoms with Crippen molar-refractivity contribution < 1.29 is 0 Å². The van der Waals surface area contributed by atoms with E-state index < -0.39 is 0 Å². The normalized spacial score (nSPS) is 9.33. The van der Waals surface area contributed by atoms with Crippen molar-refractivity contribution in [2.75, 3.05) is 5.73 Å². The molecular weight excluding hydrogens is 132 g/mol. The van der Waals surface area contributed by atoms with E-state index in [-0.39, 0.29) is 0 Å². The zero-order valence-electron chi connectivity index (χ0n) is 4.92. The second-order valence-electron chi connectivity index (χ2n) is 1.73. The van der Waals surface area contributed by atoms with Gasteiger partial charge in [0.05, 0.1) is 10.6 Å². The molecule has 0 bridgehead atoms. The SMILES string of the molecule is C=C(N)c1sccc1N. The van der Waals surface area contributed by atoms with Crippen LogP contribution in [0.5, 0.6) is 0 Å². The molecule has 0 unspecified atom stereocenters. The van der Waals surface area contributed by atoms with Gasteiger partial charge in [0, 0.05) is 5.70 Å². The van der Waals surface area contributed by atoms with Gasteiger partial charge in [-0.3, -0.25) is 0 Å². The van der Waals surface area contributed by atoms with E-state index in [9.17, 15) is 0 Å². The largest absolute Gasteiger partial charge is 0.398 e. The Morgan fingerprint density at radius 1 is 1.67 bits per heavy atom. The Hall–Kier alpha value is -0.960. The predicted octanol–water partition coefficient (Wildman–Crippen LogP) is 1.26. The van der Waals surface area contributed by atoms with Crippen LogP contribution >= 0.6 is 11.3 Å². The van der Waals surface area contributed by atoms with Crippen LogP contribution in [0.25, 0.3) is 5.70 Å². The molecule has 0 fully saturated rings. The van der Waals surface area contributed by atoms with Crippen molar-refractivity contribution >= 4 is 22.7 Å². The molecule has 4 N–H and O–H groups in total. The van der Waals surface area contributed by atoms with Gasteiger partial charge < -0.3 is 11.5 Å². The molecule has 0 radical (unpaired) electrons. The van der Waals surface area contributed by atoms with E-state index in [2.05, 4.69) is 6.58 Å². The van der Waals surface area contributed by atoms with Crippen molar-refractivity contribution in [1.82, 2.24) is 0 Å². The minimum atomic E-state index is 0.544. The minimum absolute atomic E-state index is 0.544. The van der Waals surface area contributed by atoms with Crippen LogP contribution in [0.15, 0.2) is 18.0 Å². The predicted molar refractivity (Wildman–Crippen MR) is 42.0 cm³/mol. The van der Waals surface area contributed by atoms with Crippen molar-refractivity contribution in [3.05, 3.63) is 22.9 Å². The summed E-state index contributed by atoms with van der Waals surface area (Å²) in [6, 6.07) is 1.82. The maximum Gasteiger partial charge on any atom is 0.0722 e. The van der Waals surface area contributed by atoms with Gasteiger partial charge in [-0.25, -0.2) is 0 Å². The Labute approximate surface area is 57.8 Å². The lowest BCUT2D eigenvalue weighted by molar-refractivity contribution is 1.63. The first kappa shape index (κ1) is 6.16. The summed E-state index contributed by atoms with van der Waals surface area (Å²) in [6.45, 7) is 3.57. The fraction of sp³-hybridized carbons (Fsp3) is 0. The van der Waals surface area contributed by atoms with Gasteiger partial charge in [-0.15, -0.1) is 11.3 Å². The summed E-state index contributed by atoms with van der Waals surface area (Å²) in [7, 11) is 0. The van der Waals surface area contributed by atoms with E-state index in [1.165, 1.54) is 11.3 Å². The summed E-state index contributed by atoms with van der Waals surface area (Å²) in [5.74, 6) is 0. The first-order valence-corrected chi connectivity index (χ1v) is 3.37. The van der Waals surface area contributed by atoms with Crippen molar-refractivity contribution in [3.63, 3.8) is 0 Å². The topological polar surface area (TPSA) is 52.0 Å². The average Bonchev–Trinajstić information content (AvgIpc) is 2.13. The van der Waals surface area contributed by atoms with Gasteiger partial charge in [-0.1, -0.05) is 6.58 Å². The lowest BCUT2D eigenvalue weighted by Gasteiger charge is -1.93. The van der Waals surface area contributed by atoms with Crippen molar-refractivity contribution in [2.45, 2.75) is 0 Å². The summed E-state index contributed by atoms with van der Waals surface area (Å²) in [5.41, 5.74) is 12.2. The molecule has 1 aromatic rings. The molecule has 0 aliphatic carbocycles. The molecule has 0 aliphatic heterocycles. The van der Waals surface area contributed by atoms with Crippen LogP contribution in [0.2, 0.25) is 0 Å². The Bertz CT molecular complexity index is 227. The molecule has 1 heterocycles. The highest BCUT2D eigenvalue weighted by Gasteiger charge is 1.98. The lowest BCUT2D eigenvalue weighted by atomic mass is 10.3. The average molecular weight is 140 g/mol. The standard InChI is InChI=1S/C6H8N2S/c1-4(7)6-5(8)2-3-9-6/h2-3H,1,7-8H2. The molecule has 1 aromatic heterocycles. The number of nitrogens with two attached hydrogens (primary N) is 2. The number of anilines is 1. The van der Waals surface area contributed by atoms with Gasteiger partial charge in [-0.2, -0.15) is 0 Å². The maximum absolute atomic E-state index is 5.51. The van der Waals surface area contributed by atoms with Crippen molar-refractivity contribution in [1.29, 1.82) is 0 Å². The molecule has 0 atom stereocenters. The van der Waals surface area contributed by atoms with E-state index in [0.717, 1.165) is 4.88 Å². The number of rotatable bonds is 1. The molecule has 0 saturated carbocycles. The Kier molecular flexibility index (Phi) is 1.44. The quantitative estimate of drug-likeness (QED) is 0.617. The van der Waals surface area contributed by atoms with Crippen LogP contribution in [0.4, 0.5) is 5.69 Å². The van der Waals surface area contributed by atoms with E-state index >= 15 is 0 Å². The van der Waals surface area contributed by atoms with E-state index in [0.29, 0.717) is 11.4 Å². The molecule has 0 aliphatic rings. The Morgan fingerprint density at radius 2 is 2.33 bits per heavy atom. The van der Waals surface area contributed by atoms with E-state index in [1.54, 1.807) is 0 Å². The second-order valence-corrected chi connectivity index (χ2v) is 2.65. The summed E-state index contributed by atoms with van der Waals surface area (Å²) in [4.78, 5) is 0.884. The highest BCUT2D eigenvalue weighted by molar-refractivity contribution is 7.11. The molecule has 0 saturated heterocycles. The van der Waals surface area contributed by atoms with Gasteiger partial charge >= 0.3 is 0 Å². The molecule has 3 heteroatoms. The number of thiophene rings is 1. The molecule has 0 amide bonds. The summed E-state index contributed by atoms with van der Waals surface area (Å²) in [6.07, 6.45) is 0. The molecule has 1 rings (SSSR count). The minimum Gasteiger partial charge on any atom is -0.398 e. The van der Waals surface area contributed by atoms with E-state index in [1.807, 2.05) is 11.4 Å². The zero-order valence-corrected chi connectivity index (χ0v) is 5.74. The van der Waals surface area contributed by atoms with Crippen molar-refractivity contribution in [2.24, 2.45) is 5.73 Å². The molecule has 0 spiro atoms. The van der Waals surface area contributed by atoms with Gasteiger partial charge in [0.2, 0.25) is 0 Å². The molecule has 48 valence electrons. The first-order valence-electron chi connectivity index (χ1n) is 2.49. The number of nitrogen functional groups attached to an aromatic ring is 1. The zero-order chi connectivity index (χ0) is 6.85. The monoisotopic (exact) mass is 140 g/mol. The first-order chi connectivity index (χ1) is 4.22. The van der Waals surface area contributed by atoms with Gasteiger partial charge in [0.15, 0.2) is 0 Å². The fourth-order valence-corrected chi connectivity index (χ4v) is 1.29. The summed E-state index contributed by atoms with van der Waals surface area (Å²) in [5, 5.41) is 1.89. The van der Waals surface area contributed by atoms with Crippen LogP contribution in [0, 0.1) is 0 Å². The highest BCUT2D eigenvalue weighted by Crippen LogP contribution is 2.22. The highest BCUT2D eigenvalue weighted by atomic mass is 32.1. The Morgan fingerprint density at radius 3 is 2.56 bits per heavy atom. The third-order valence-corrected chi connectivity index (χ3v) is 1.99. The number of hydrogen-bond acceptors (Lipinski definition) is 3. The van der Waals surface area contributed by atoms with Crippen LogP contribution in [0.3, 0.4) is 0 Å². The third-order valence-electron chi connectivity index (χ3n) is 0.987. The smallest absolute Gasteiger partial charge is 0.0722 e. The van der Waals surface area contributed by atoms with Crippen molar-refractivity contribution in [3.8, 4) is 0 Å². The second kappa shape index (κ2) is 2.11. The van der Waals surface area contributed by atoms with Crippen LogP contribution in [-0.2, 0) is 0 Å². The van der Waals surface area contributed by atoms with Gasteiger partial charge in [0.25, 0.3) is 0 Å². The van der Waals surface area contributed by atoms with Gasteiger partial charge in [0.1, 0.15) is 0 Å². The summed E-state index contributed by atoms with van der Waals surface area (Å²) < 4.78 is 0. The van der Waals surface area contributed by atoms with E-state index in [4.69, 9.17) is 11.5 Å². The fourth-order valence-electron chi connectivity index (χ4n) is 0.580. The number of hydrogen-bond donors (Lipinski definition) is 2. The maximum atomic E-state index is 5.51. The molecular formula is C6H8N2S. The molecule has 2 nitrogen and oxygen atoms in total.